The van der Waals surface area contributed by atoms with E-state index >= 15 is 0 Å². The molecule has 35 heavy (non-hydrogen) atoms. The van der Waals surface area contributed by atoms with Crippen LogP contribution in [0, 0.1) is 11.8 Å². The Morgan fingerprint density at radius 3 is 2.69 bits per heavy atom. The summed E-state index contributed by atoms with van der Waals surface area (Å²) in [7, 11) is 1.94. The quantitative estimate of drug-likeness (QED) is 0.337. The molecule has 1 heterocycles. The van der Waals surface area contributed by atoms with E-state index < -0.39 is 11.7 Å². The largest absolute Gasteiger partial charge is 0.393 e. The average Bonchev–Trinajstić information content (AvgIpc) is 2.84. The molecule has 6 nitrogen and oxygen atoms in total. The first kappa shape index (κ1) is 28.2. The van der Waals surface area contributed by atoms with Crippen LogP contribution in [-0.2, 0) is 5.60 Å². The van der Waals surface area contributed by atoms with Crippen molar-refractivity contribution in [1.29, 1.82) is 0 Å². The smallest absolute Gasteiger partial charge is 0.317 e. The number of halogens is 1. The lowest BCUT2D eigenvalue weighted by Crippen LogP contribution is -2.54. The molecule has 1 aromatic rings. The lowest BCUT2D eigenvalue weighted by molar-refractivity contribution is -0.0569. The lowest BCUT2D eigenvalue weighted by Gasteiger charge is -2.43. The highest BCUT2D eigenvalue weighted by atomic mass is 35.5. The Balaban J connectivity index is 1.69. The fourth-order valence-electron chi connectivity index (χ4n) is 6.09. The van der Waals surface area contributed by atoms with Crippen molar-refractivity contribution in [2.24, 2.45) is 11.8 Å². The number of aliphatic hydroxyl groups is 2. The molecule has 4 N–H and O–H groups in total. The Bertz CT molecular complexity index is 786. The van der Waals surface area contributed by atoms with Crippen molar-refractivity contribution < 1.29 is 15.0 Å². The van der Waals surface area contributed by atoms with Crippen molar-refractivity contribution in [1.82, 2.24) is 15.5 Å². The molecule has 1 aliphatic heterocycles. The van der Waals surface area contributed by atoms with E-state index in [9.17, 15) is 15.0 Å². The summed E-state index contributed by atoms with van der Waals surface area (Å²) in [6.07, 6.45) is 10.7. The molecule has 4 atom stereocenters. The van der Waals surface area contributed by atoms with Gasteiger partial charge in [0.25, 0.3) is 0 Å². The summed E-state index contributed by atoms with van der Waals surface area (Å²) in [6, 6.07) is 7.56. The van der Waals surface area contributed by atoms with Gasteiger partial charge in [0.05, 0.1) is 11.7 Å². The van der Waals surface area contributed by atoms with Crippen molar-refractivity contribution in [3.05, 3.63) is 34.9 Å². The van der Waals surface area contributed by atoms with Crippen molar-refractivity contribution >= 4 is 17.6 Å². The normalized spacial score (nSPS) is 22.9. The second kappa shape index (κ2) is 13.8. The van der Waals surface area contributed by atoms with Crippen LogP contribution in [0.2, 0.25) is 5.02 Å². The fraction of sp³-hybridized carbons (Fsp3) is 0.750. The fourth-order valence-corrected chi connectivity index (χ4v) is 6.28. The zero-order valence-corrected chi connectivity index (χ0v) is 22.4. The summed E-state index contributed by atoms with van der Waals surface area (Å²) in [4.78, 5) is 15.2. The number of rotatable bonds is 11. The van der Waals surface area contributed by atoms with E-state index in [1.165, 1.54) is 32.1 Å². The maximum absolute atomic E-state index is 13.3. The van der Waals surface area contributed by atoms with Crippen molar-refractivity contribution in [2.45, 2.75) is 95.3 Å². The van der Waals surface area contributed by atoms with Gasteiger partial charge in [-0.05, 0) is 76.1 Å². The topological polar surface area (TPSA) is 84.8 Å². The zero-order chi connectivity index (χ0) is 25.3. The molecule has 7 heteroatoms. The standard InChI is InChI=1S/C28H46ClN3O3/c1-21(33)9-7-15-28(35,23-12-6-14-25(29)18-23)24-13-8-16-32(20-24)27(34)31-26(19-30-2)17-22-10-4-3-5-11-22/h6,12,14,18,21-22,24,26,30,33,35H,3-5,7-11,13,15-17,19-20H2,1-2H3,(H,31,34)/t21?,24-,26?,28-/m1/s1. The molecule has 0 aromatic heterocycles. The van der Waals surface area contributed by atoms with Crippen LogP contribution in [0.4, 0.5) is 4.79 Å². The number of likely N-dealkylation sites (tertiary alicyclic amines) is 1. The number of carbonyl (C=O) groups is 1. The Labute approximate surface area is 216 Å². The number of likely N-dealkylation sites (N-methyl/N-ethyl adjacent to an activating group) is 1. The Hall–Kier alpha value is -1.34. The van der Waals surface area contributed by atoms with E-state index in [2.05, 4.69) is 10.6 Å². The van der Waals surface area contributed by atoms with E-state index in [-0.39, 0.29) is 18.0 Å². The molecular formula is C28H46ClN3O3. The maximum Gasteiger partial charge on any atom is 0.317 e. The molecule has 1 saturated carbocycles. The first-order chi connectivity index (χ1) is 16.8. The molecule has 3 rings (SSSR count). The molecule has 1 saturated heterocycles. The number of benzene rings is 1. The van der Waals surface area contributed by atoms with Crippen LogP contribution in [-0.4, -0.2) is 60.0 Å². The van der Waals surface area contributed by atoms with E-state index in [0.717, 1.165) is 31.4 Å². The van der Waals surface area contributed by atoms with Crippen molar-refractivity contribution in [2.75, 3.05) is 26.7 Å². The minimum atomic E-state index is -1.09. The number of nitrogens with one attached hydrogen (secondary N) is 2. The number of urea groups is 1. The third-order valence-electron chi connectivity index (χ3n) is 8.01. The van der Waals surface area contributed by atoms with Gasteiger partial charge in [0.2, 0.25) is 0 Å². The highest BCUT2D eigenvalue weighted by Gasteiger charge is 2.41. The molecule has 2 unspecified atom stereocenters. The molecule has 1 aliphatic carbocycles. The van der Waals surface area contributed by atoms with Crippen molar-refractivity contribution in [3.8, 4) is 0 Å². The predicted molar refractivity (Wildman–Crippen MR) is 143 cm³/mol. The molecule has 0 spiro atoms. The predicted octanol–water partition coefficient (Wildman–Crippen LogP) is 5.06. The van der Waals surface area contributed by atoms with Gasteiger partial charge in [0, 0.05) is 36.6 Å². The molecule has 1 aromatic carbocycles. The summed E-state index contributed by atoms with van der Waals surface area (Å²) in [6.45, 7) is 3.77. The SMILES string of the molecule is CNCC(CC1CCCCC1)NC(=O)N1CCC[C@@H]([C@@](O)(CCCC(C)O)c2cccc(Cl)c2)C1. The molecule has 2 aliphatic rings. The van der Waals surface area contributed by atoms with Gasteiger partial charge in [-0.1, -0.05) is 55.8 Å². The van der Waals surface area contributed by atoms with E-state index in [1.54, 1.807) is 6.92 Å². The first-order valence-corrected chi connectivity index (χ1v) is 14.1. The van der Waals surface area contributed by atoms with Crippen LogP contribution in [0.1, 0.15) is 83.1 Å². The molecule has 0 bridgehead atoms. The molecule has 2 fully saturated rings. The Kier molecular flexibility index (Phi) is 11.2. The molecule has 2 amide bonds. The third-order valence-corrected chi connectivity index (χ3v) is 8.24. The van der Waals surface area contributed by atoms with Gasteiger partial charge in [-0.2, -0.15) is 0 Å². The maximum atomic E-state index is 13.3. The summed E-state index contributed by atoms with van der Waals surface area (Å²) in [5.74, 6) is 0.605. The van der Waals surface area contributed by atoms with Crippen LogP contribution < -0.4 is 10.6 Å². The van der Waals surface area contributed by atoms with Gasteiger partial charge < -0.3 is 25.7 Å². The first-order valence-electron chi connectivity index (χ1n) is 13.7. The molecule has 198 valence electrons. The van der Waals surface area contributed by atoms with Crippen LogP contribution >= 0.6 is 11.6 Å². The minimum Gasteiger partial charge on any atom is -0.393 e. The number of piperidine rings is 1. The van der Waals surface area contributed by atoms with Crippen LogP contribution in [0.25, 0.3) is 0 Å². The second-order valence-electron chi connectivity index (χ2n) is 10.9. The molecular weight excluding hydrogens is 462 g/mol. The highest BCUT2D eigenvalue weighted by molar-refractivity contribution is 6.30. The van der Waals surface area contributed by atoms with Crippen molar-refractivity contribution in [3.63, 3.8) is 0 Å². The van der Waals surface area contributed by atoms with E-state index in [1.807, 2.05) is 36.2 Å². The Morgan fingerprint density at radius 1 is 1.23 bits per heavy atom. The average molecular weight is 508 g/mol. The van der Waals surface area contributed by atoms with E-state index in [4.69, 9.17) is 11.6 Å². The number of aliphatic hydroxyl groups excluding tert-OH is 1. The minimum absolute atomic E-state index is 0.0248. The van der Waals surface area contributed by atoms with Crippen LogP contribution in [0.3, 0.4) is 0 Å². The summed E-state index contributed by atoms with van der Waals surface area (Å²) < 4.78 is 0. The van der Waals surface area contributed by atoms with Gasteiger partial charge in [-0.25, -0.2) is 4.79 Å². The van der Waals surface area contributed by atoms with Gasteiger partial charge in [-0.15, -0.1) is 0 Å². The second-order valence-corrected chi connectivity index (χ2v) is 11.3. The number of carbonyl (C=O) groups excluding carboxylic acids is 1. The van der Waals surface area contributed by atoms with E-state index in [0.29, 0.717) is 43.3 Å². The van der Waals surface area contributed by atoms with Gasteiger partial charge in [0.15, 0.2) is 0 Å². The third kappa shape index (κ3) is 8.34. The molecule has 0 radical (unpaired) electrons. The number of hydrogen-bond donors (Lipinski definition) is 4. The monoisotopic (exact) mass is 507 g/mol. The zero-order valence-electron chi connectivity index (χ0n) is 21.6. The summed E-state index contributed by atoms with van der Waals surface area (Å²) in [5, 5.41) is 28.9. The Morgan fingerprint density at radius 2 is 2.00 bits per heavy atom. The number of hydrogen-bond acceptors (Lipinski definition) is 4. The van der Waals surface area contributed by atoms with Gasteiger partial charge in [-0.3, -0.25) is 0 Å². The van der Waals surface area contributed by atoms with Gasteiger partial charge in [0.1, 0.15) is 0 Å². The van der Waals surface area contributed by atoms with Crippen LogP contribution in [0.15, 0.2) is 24.3 Å². The highest BCUT2D eigenvalue weighted by Crippen LogP contribution is 2.40. The number of amides is 2. The lowest BCUT2D eigenvalue weighted by atomic mass is 9.74. The van der Waals surface area contributed by atoms with Gasteiger partial charge >= 0.3 is 6.03 Å². The number of nitrogens with zero attached hydrogens (tertiary/aromatic N) is 1. The van der Waals surface area contributed by atoms with Crippen LogP contribution in [0.5, 0.6) is 0 Å². The summed E-state index contributed by atoms with van der Waals surface area (Å²) in [5.41, 5.74) is -0.293. The summed E-state index contributed by atoms with van der Waals surface area (Å²) >= 11 is 6.29.